The number of halogens is 2. The third-order valence-electron chi connectivity index (χ3n) is 9.30. The van der Waals surface area contributed by atoms with E-state index in [1.807, 2.05) is 104 Å². The Kier molecular flexibility index (Phi) is 12.5. The number of nitrogens with one attached hydrogen (secondary N) is 1. The predicted molar refractivity (Wildman–Crippen MR) is 214 cm³/mol. The van der Waals surface area contributed by atoms with E-state index >= 15 is 0 Å². The minimum Gasteiger partial charge on any atom is -0.496 e. The molecule has 0 radical (unpaired) electrons. The standard InChI is InChI=1S/C25H28ClN3O2.C17H16BrN3/c1-3-28(17-19-9-6-7-11-22(19)31-2)25(30)23-21-10-5-4-8-16-29(21)24(27-23)18-12-14-20(26)15-13-18;1-21-16(14-8-5-9-15(18)10-14)12-20-17(21)19-11-13-6-3-2-4-7-13/h6-7,9,11-15H,3-5,8,10,16-17H2,1-2H3;2-10,12H,11H2,1H3,(H,19,20). The van der Waals surface area contributed by atoms with Crippen LogP contribution in [0.2, 0.25) is 5.02 Å². The highest BCUT2D eigenvalue weighted by atomic mass is 79.9. The Morgan fingerprint density at radius 2 is 1.71 bits per heavy atom. The summed E-state index contributed by atoms with van der Waals surface area (Å²) in [6, 6.07) is 34.1. The van der Waals surface area contributed by atoms with Crippen LogP contribution in [0.4, 0.5) is 5.95 Å². The van der Waals surface area contributed by atoms with Crippen LogP contribution < -0.4 is 10.1 Å². The van der Waals surface area contributed by atoms with Gasteiger partial charge in [-0.25, -0.2) is 9.97 Å². The number of nitrogens with zero attached hydrogens (tertiary/aromatic N) is 5. The zero-order chi connectivity index (χ0) is 36.5. The lowest BCUT2D eigenvalue weighted by atomic mass is 10.1. The van der Waals surface area contributed by atoms with E-state index in [2.05, 4.69) is 59.6 Å². The van der Waals surface area contributed by atoms with E-state index < -0.39 is 0 Å². The third-order valence-corrected chi connectivity index (χ3v) is 10.0. The Hall–Kier alpha value is -4.86. The van der Waals surface area contributed by atoms with Crippen molar-refractivity contribution in [2.45, 2.75) is 52.2 Å². The molecule has 1 amide bonds. The van der Waals surface area contributed by atoms with Crippen LogP contribution in [-0.4, -0.2) is 43.6 Å². The van der Waals surface area contributed by atoms with Crippen molar-refractivity contribution in [1.29, 1.82) is 0 Å². The number of methoxy groups -OCH3 is 1. The highest BCUT2D eigenvalue weighted by Gasteiger charge is 2.27. The lowest BCUT2D eigenvalue weighted by Crippen LogP contribution is -2.31. The van der Waals surface area contributed by atoms with Gasteiger partial charge in [-0.15, -0.1) is 0 Å². The first-order chi connectivity index (χ1) is 25.4. The van der Waals surface area contributed by atoms with Crippen LogP contribution in [0.3, 0.4) is 0 Å². The minimum absolute atomic E-state index is 0.0285. The molecule has 1 aliphatic heterocycles. The van der Waals surface area contributed by atoms with Crippen LogP contribution in [0.15, 0.2) is 114 Å². The third kappa shape index (κ3) is 8.77. The van der Waals surface area contributed by atoms with E-state index in [9.17, 15) is 4.79 Å². The molecule has 2 aromatic heterocycles. The Balaban J connectivity index is 0.000000192. The predicted octanol–water partition coefficient (Wildman–Crippen LogP) is 10.1. The molecule has 0 unspecified atom stereocenters. The molecular formula is C42H44BrClN6O2. The average molecular weight is 780 g/mol. The lowest BCUT2D eigenvalue weighted by Gasteiger charge is -2.22. The number of anilines is 1. The van der Waals surface area contributed by atoms with Crippen LogP contribution in [-0.2, 0) is 33.1 Å². The van der Waals surface area contributed by atoms with Gasteiger partial charge >= 0.3 is 0 Å². The molecule has 0 bridgehead atoms. The number of para-hydroxylation sites is 1. The normalized spacial score (nSPS) is 12.2. The fourth-order valence-electron chi connectivity index (χ4n) is 6.49. The van der Waals surface area contributed by atoms with E-state index in [0.29, 0.717) is 23.8 Å². The Labute approximate surface area is 319 Å². The molecule has 7 rings (SSSR count). The number of carbonyl (C=O) groups is 1. The summed E-state index contributed by atoms with van der Waals surface area (Å²) in [6.45, 7) is 4.74. The first-order valence-corrected chi connectivity index (χ1v) is 18.8. The molecule has 0 fully saturated rings. The van der Waals surface area contributed by atoms with E-state index in [-0.39, 0.29) is 5.91 Å². The average Bonchev–Trinajstić information content (AvgIpc) is 3.63. The monoisotopic (exact) mass is 778 g/mol. The van der Waals surface area contributed by atoms with Crippen molar-refractivity contribution in [1.82, 2.24) is 24.0 Å². The highest BCUT2D eigenvalue weighted by molar-refractivity contribution is 9.10. The van der Waals surface area contributed by atoms with Crippen molar-refractivity contribution < 1.29 is 9.53 Å². The molecule has 4 aromatic carbocycles. The number of fused-ring (bicyclic) bond motifs is 1. The van der Waals surface area contributed by atoms with E-state index in [1.54, 1.807) is 7.11 Å². The van der Waals surface area contributed by atoms with Gasteiger partial charge in [0.25, 0.3) is 5.91 Å². The van der Waals surface area contributed by atoms with Gasteiger partial charge in [-0.2, -0.15) is 0 Å². The topological polar surface area (TPSA) is 77.2 Å². The van der Waals surface area contributed by atoms with Crippen LogP contribution in [0, 0.1) is 0 Å². The molecular weight excluding hydrogens is 736 g/mol. The van der Waals surface area contributed by atoms with Crippen molar-refractivity contribution in [2.24, 2.45) is 7.05 Å². The van der Waals surface area contributed by atoms with Gasteiger partial charge in [0, 0.05) is 59.4 Å². The molecule has 10 heteroatoms. The van der Waals surface area contributed by atoms with Gasteiger partial charge in [-0.05, 0) is 74.2 Å². The SMILES string of the molecule is CCN(Cc1ccccc1OC)C(=O)c1nc(-c2ccc(Cl)cc2)n2c1CCCCC2.Cn1c(-c2cccc(Br)c2)cnc1NCc1ccccc1. The van der Waals surface area contributed by atoms with Crippen molar-refractivity contribution in [3.05, 3.63) is 141 Å². The molecule has 0 saturated carbocycles. The summed E-state index contributed by atoms with van der Waals surface area (Å²) in [5.74, 6) is 2.48. The number of amides is 1. The van der Waals surface area contributed by atoms with Gasteiger partial charge in [0.1, 0.15) is 17.3 Å². The lowest BCUT2D eigenvalue weighted by molar-refractivity contribution is 0.0744. The number of benzene rings is 4. The molecule has 1 N–H and O–H groups in total. The summed E-state index contributed by atoms with van der Waals surface area (Å²) in [6.07, 6.45) is 6.10. The molecule has 52 heavy (non-hydrogen) atoms. The molecule has 0 aliphatic carbocycles. The van der Waals surface area contributed by atoms with Gasteiger partial charge in [0.15, 0.2) is 0 Å². The maximum atomic E-state index is 13.7. The zero-order valence-corrected chi connectivity index (χ0v) is 32.2. The quantitative estimate of drug-likeness (QED) is 0.150. The summed E-state index contributed by atoms with van der Waals surface area (Å²) in [7, 11) is 3.68. The summed E-state index contributed by atoms with van der Waals surface area (Å²) < 4.78 is 10.9. The molecule has 0 saturated heterocycles. The fraction of sp³-hybridized carbons (Fsp3) is 0.262. The smallest absolute Gasteiger partial charge is 0.274 e. The second kappa shape index (κ2) is 17.6. The summed E-state index contributed by atoms with van der Waals surface area (Å²) in [5, 5.41) is 4.07. The molecule has 0 spiro atoms. The summed E-state index contributed by atoms with van der Waals surface area (Å²) in [4.78, 5) is 24.9. The number of imidazole rings is 2. The molecule has 6 aromatic rings. The Morgan fingerprint density at radius 1 is 0.942 bits per heavy atom. The molecule has 1 aliphatic rings. The van der Waals surface area contributed by atoms with Crippen LogP contribution >= 0.6 is 27.5 Å². The number of aromatic nitrogens is 4. The number of carbonyl (C=O) groups excluding carboxylic acids is 1. The second-order valence-corrected chi connectivity index (χ2v) is 14.1. The highest BCUT2D eigenvalue weighted by Crippen LogP contribution is 2.30. The van der Waals surface area contributed by atoms with Crippen molar-refractivity contribution in [3.8, 4) is 28.4 Å². The number of hydrogen-bond acceptors (Lipinski definition) is 5. The van der Waals surface area contributed by atoms with Gasteiger partial charge in [-0.3, -0.25) is 4.79 Å². The Bertz CT molecular complexity index is 2090. The minimum atomic E-state index is -0.0285. The van der Waals surface area contributed by atoms with Gasteiger partial charge in [0.05, 0.1) is 24.7 Å². The van der Waals surface area contributed by atoms with Crippen molar-refractivity contribution in [3.63, 3.8) is 0 Å². The number of rotatable bonds is 10. The maximum absolute atomic E-state index is 13.7. The van der Waals surface area contributed by atoms with Crippen molar-refractivity contribution in [2.75, 3.05) is 19.0 Å². The fourth-order valence-corrected chi connectivity index (χ4v) is 7.02. The number of hydrogen-bond donors (Lipinski definition) is 1. The summed E-state index contributed by atoms with van der Waals surface area (Å²) >= 11 is 9.59. The molecule has 268 valence electrons. The molecule has 8 nitrogen and oxygen atoms in total. The van der Waals surface area contributed by atoms with Crippen LogP contribution in [0.1, 0.15) is 53.5 Å². The van der Waals surface area contributed by atoms with E-state index in [4.69, 9.17) is 21.3 Å². The van der Waals surface area contributed by atoms with E-state index in [1.165, 1.54) is 5.56 Å². The first-order valence-electron chi connectivity index (χ1n) is 17.7. The first kappa shape index (κ1) is 36.9. The zero-order valence-electron chi connectivity index (χ0n) is 29.9. The van der Waals surface area contributed by atoms with E-state index in [0.717, 1.165) is 88.8 Å². The van der Waals surface area contributed by atoms with Gasteiger partial charge in [-0.1, -0.05) is 94.6 Å². The maximum Gasteiger partial charge on any atom is 0.274 e. The Morgan fingerprint density at radius 3 is 2.46 bits per heavy atom. The van der Waals surface area contributed by atoms with Gasteiger partial charge < -0.3 is 24.1 Å². The largest absolute Gasteiger partial charge is 0.496 e. The number of ether oxygens (including phenoxy) is 1. The van der Waals surface area contributed by atoms with Crippen LogP contribution in [0.25, 0.3) is 22.6 Å². The van der Waals surface area contributed by atoms with Crippen molar-refractivity contribution >= 4 is 39.4 Å². The van der Waals surface area contributed by atoms with Gasteiger partial charge in [0.2, 0.25) is 5.95 Å². The van der Waals surface area contributed by atoms with Crippen LogP contribution in [0.5, 0.6) is 5.75 Å². The molecule has 3 heterocycles. The summed E-state index contributed by atoms with van der Waals surface area (Å²) in [5.41, 5.74) is 7.07. The molecule has 0 atom stereocenters. The second-order valence-electron chi connectivity index (χ2n) is 12.7.